The van der Waals surface area contributed by atoms with E-state index in [1.165, 1.54) is 0 Å². The van der Waals surface area contributed by atoms with Crippen LogP contribution in [0.15, 0.2) is 22.8 Å². The van der Waals surface area contributed by atoms with Crippen molar-refractivity contribution in [3.63, 3.8) is 0 Å². The van der Waals surface area contributed by atoms with E-state index in [1.54, 1.807) is 6.26 Å². The lowest BCUT2D eigenvalue weighted by molar-refractivity contribution is 0.238. The van der Waals surface area contributed by atoms with Crippen molar-refractivity contribution in [2.24, 2.45) is 0 Å². The van der Waals surface area contributed by atoms with Crippen LogP contribution in [0.4, 0.5) is 4.79 Å². The molecule has 1 aromatic heterocycles. The molecule has 4 heteroatoms. The van der Waals surface area contributed by atoms with Crippen LogP contribution in [0.3, 0.4) is 0 Å². The number of rotatable bonds is 4. The van der Waals surface area contributed by atoms with Crippen LogP contribution in [0.5, 0.6) is 0 Å². The Balaban J connectivity index is 2.12. The topological polar surface area (TPSA) is 54.3 Å². The SMILES string of the molecule is CC(C)NC(=O)NCCc1ccco1. The molecule has 0 aliphatic carbocycles. The fourth-order valence-electron chi connectivity index (χ4n) is 1.07. The van der Waals surface area contributed by atoms with Gasteiger partial charge in [0.25, 0.3) is 0 Å². The molecular formula is C10H16N2O2. The molecule has 0 aromatic carbocycles. The predicted molar refractivity (Wildman–Crippen MR) is 54.1 cm³/mol. The maximum absolute atomic E-state index is 11.1. The smallest absolute Gasteiger partial charge is 0.314 e. The highest BCUT2D eigenvalue weighted by Gasteiger charge is 2.01. The second-order valence-corrected chi connectivity index (χ2v) is 3.38. The van der Waals surface area contributed by atoms with Crippen LogP contribution in [-0.2, 0) is 6.42 Å². The standard InChI is InChI=1S/C10H16N2O2/c1-8(2)12-10(13)11-6-5-9-4-3-7-14-9/h3-4,7-8H,5-6H2,1-2H3,(H2,11,12,13). The summed E-state index contributed by atoms with van der Waals surface area (Å²) < 4.78 is 5.12. The Morgan fingerprint density at radius 3 is 2.93 bits per heavy atom. The second-order valence-electron chi connectivity index (χ2n) is 3.38. The third-order valence-electron chi connectivity index (χ3n) is 1.66. The number of amides is 2. The summed E-state index contributed by atoms with van der Waals surface area (Å²) >= 11 is 0. The summed E-state index contributed by atoms with van der Waals surface area (Å²) in [5.74, 6) is 0.884. The Morgan fingerprint density at radius 2 is 2.36 bits per heavy atom. The molecule has 0 radical (unpaired) electrons. The van der Waals surface area contributed by atoms with Gasteiger partial charge >= 0.3 is 6.03 Å². The third-order valence-corrected chi connectivity index (χ3v) is 1.66. The Kier molecular flexibility index (Phi) is 4.04. The molecule has 1 heterocycles. The van der Waals surface area contributed by atoms with Gasteiger partial charge in [0.2, 0.25) is 0 Å². The Labute approximate surface area is 83.7 Å². The molecule has 0 aliphatic heterocycles. The van der Waals surface area contributed by atoms with Crippen molar-refractivity contribution in [2.45, 2.75) is 26.3 Å². The molecule has 78 valence electrons. The molecule has 0 saturated heterocycles. The maximum atomic E-state index is 11.1. The van der Waals surface area contributed by atoms with Gasteiger partial charge in [-0.1, -0.05) is 0 Å². The van der Waals surface area contributed by atoms with Gasteiger partial charge in [-0.05, 0) is 26.0 Å². The first-order valence-electron chi connectivity index (χ1n) is 4.75. The lowest BCUT2D eigenvalue weighted by Gasteiger charge is -2.09. The minimum atomic E-state index is -0.133. The number of urea groups is 1. The summed E-state index contributed by atoms with van der Waals surface area (Å²) in [6.45, 7) is 4.43. The quantitative estimate of drug-likeness (QED) is 0.767. The van der Waals surface area contributed by atoms with Gasteiger partial charge in [0.15, 0.2) is 0 Å². The highest BCUT2D eigenvalue weighted by atomic mass is 16.3. The van der Waals surface area contributed by atoms with Crippen LogP contribution in [-0.4, -0.2) is 18.6 Å². The van der Waals surface area contributed by atoms with E-state index in [-0.39, 0.29) is 12.1 Å². The van der Waals surface area contributed by atoms with Crippen LogP contribution in [0.25, 0.3) is 0 Å². The zero-order valence-corrected chi connectivity index (χ0v) is 8.54. The minimum absolute atomic E-state index is 0.133. The average Bonchev–Trinajstić information content (AvgIpc) is 2.55. The predicted octanol–water partition coefficient (Wildman–Crippen LogP) is 1.53. The van der Waals surface area contributed by atoms with E-state index in [0.29, 0.717) is 6.54 Å². The Morgan fingerprint density at radius 1 is 1.57 bits per heavy atom. The highest BCUT2D eigenvalue weighted by Crippen LogP contribution is 1.99. The van der Waals surface area contributed by atoms with Gasteiger partial charge in [-0.15, -0.1) is 0 Å². The van der Waals surface area contributed by atoms with Gasteiger partial charge in [0.1, 0.15) is 5.76 Å². The third kappa shape index (κ3) is 3.98. The number of furan rings is 1. The Hall–Kier alpha value is -1.45. The maximum Gasteiger partial charge on any atom is 0.314 e. The molecule has 0 aliphatic rings. The molecule has 2 amide bonds. The van der Waals surface area contributed by atoms with Crippen molar-refractivity contribution in [1.82, 2.24) is 10.6 Å². The molecule has 1 aromatic rings. The number of nitrogens with one attached hydrogen (secondary N) is 2. The number of carbonyl (C=O) groups is 1. The molecule has 4 nitrogen and oxygen atoms in total. The number of carbonyl (C=O) groups excluding carboxylic acids is 1. The molecular weight excluding hydrogens is 180 g/mol. The summed E-state index contributed by atoms with van der Waals surface area (Å²) in [7, 11) is 0. The van der Waals surface area contributed by atoms with E-state index < -0.39 is 0 Å². The zero-order valence-electron chi connectivity index (χ0n) is 8.54. The van der Waals surface area contributed by atoms with Gasteiger partial charge in [-0.25, -0.2) is 4.79 Å². The molecule has 0 spiro atoms. The first-order chi connectivity index (χ1) is 6.68. The summed E-state index contributed by atoms with van der Waals surface area (Å²) in [5.41, 5.74) is 0. The Bertz CT molecular complexity index is 268. The van der Waals surface area contributed by atoms with E-state index in [0.717, 1.165) is 12.2 Å². The lowest BCUT2D eigenvalue weighted by Crippen LogP contribution is -2.40. The summed E-state index contributed by atoms with van der Waals surface area (Å²) in [6.07, 6.45) is 2.35. The van der Waals surface area contributed by atoms with Crippen molar-refractivity contribution in [1.29, 1.82) is 0 Å². The van der Waals surface area contributed by atoms with Crippen molar-refractivity contribution >= 4 is 6.03 Å². The van der Waals surface area contributed by atoms with E-state index >= 15 is 0 Å². The van der Waals surface area contributed by atoms with E-state index in [2.05, 4.69) is 10.6 Å². The van der Waals surface area contributed by atoms with Crippen LogP contribution in [0.2, 0.25) is 0 Å². The zero-order chi connectivity index (χ0) is 10.4. The molecule has 1 rings (SSSR count). The molecule has 14 heavy (non-hydrogen) atoms. The molecule has 0 fully saturated rings. The first-order valence-corrected chi connectivity index (χ1v) is 4.75. The molecule has 2 N–H and O–H groups in total. The van der Waals surface area contributed by atoms with Crippen LogP contribution >= 0.6 is 0 Å². The monoisotopic (exact) mass is 196 g/mol. The summed E-state index contributed by atoms with van der Waals surface area (Å²) in [4.78, 5) is 11.1. The fourth-order valence-corrected chi connectivity index (χ4v) is 1.07. The number of hydrogen-bond acceptors (Lipinski definition) is 2. The molecule has 0 atom stereocenters. The van der Waals surface area contributed by atoms with Crippen molar-refractivity contribution in [3.8, 4) is 0 Å². The van der Waals surface area contributed by atoms with Crippen LogP contribution in [0, 0.1) is 0 Å². The lowest BCUT2D eigenvalue weighted by atomic mass is 10.3. The fraction of sp³-hybridized carbons (Fsp3) is 0.500. The van der Waals surface area contributed by atoms with E-state index in [4.69, 9.17) is 4.42 Å². The van der Waals surface area contributed by atoms with Crippen molar-refractivity contribution in [3.05, 3.63) is 24.2 Å². The van der Waals surface area contributed by atoms with Gasteiger partial charge in [-0.2, -0.15) is 0 Å². The van der Waals surface area contributed by atoms with Gasteiger partial charge < -0.3 is 15.1 Å². The first kappa shape index (κ1) is 10.6. The second kappa shape index (κ2) is 5.32. The van der Waals surface area contributed by atoms with E-state index in [1.807, 2.05) is 26.0 Å². The minimum Gasteiger partial charge on any atom is -0.469 e. The van der Waals surface area contributed by atoms with Crippen LogP contribution in [0.1, 0.15) is 19.6 Å². The number of hydrogen-bond donors (Lipinski definition) is 2. The average molecular weight is 196 g/mol. The molecule has 0 bridgehead atoms. The summed E-state index contributed by atoms with van der Waals surface area (Å²) in [6, 6.07) is 3.76. The van der Waals surface area contributed by atoms with Gasteiger partial charge in [-0.3, -0.25) is 0 Å². The van der Waals surface area contributed by atoms with Gasteiger partial charge in [0, 0.05) is 19.0 Å². The van der Waals surface area contributed by atoms with Crippen molar-refractivity contribution in [2.75, 3.05) is 6.54 Å². The van der Waals surface area contributed by atoms with Crippen LogP contribution < -0.4 is 10.6 Å². The molecule has 0 unspecified atom stereocenters. The van der Waals surface area contributed by atoms with Gasteiger partial charge in [0.05, 0.1) is 6.26 Å². The normalized spacial score (nSPS) is 10.2. The largest absolute Gasteiger partial charge is 0.469 e. The van der Waals surface area contributed by atoms with E-state index in [9.17, 15) is 4.79 Å². The van der Waals surface area contributed by atoms with Crippen molar-refractivity contribution < 1.29 is 9.21 Å². The molecule has 0 saturated carbocycles. The summed E-state index contributed by atoms with van der Waals surface area (Å²) in [5, 5.41) is 5.48. The highest BCUT2D eigenvalue weighted by molar-refractivity contribution is 5.74.